The fourth-order valence-electron chi connectivity index (χ4n) is 4.82. The van der Waals surface area contributed by atoms with Gasteiger partial charge in [0.1, 0.15) is 30.4 Å². The first-order valence-electron chi connectivity index (χ1n) is 10.2. The number of nitriles is 1. The van der Waals surface area contributed by atoms with Crippen LogP contribution in [-0.2, 0) is 19.9 Å². The molecule has 5 rings (SSSR count). The summed E-state index contributed by atoms with van der Waals surface area (Å²) in [6, 6.07) is 9.51. The van der Waals surface area contributed by atoms with Crippen LogP contribution in [-0.4, -0.2) is 60.3 Å². The van der Waals surface area contributed by atoms with Crippen LogP contribution in [0.5, 0.6) is 0 Å². The third-order valence-corrected chi connectivity index (χ3v) is 8.28. The first kappa shape index (κ1) is 25.4. The van der Waals surface area contributed by atoms with Crippen LogP contribution in [0.25, 0.3) is 0 Å². The first-order valence-corrected chi connectivity index (χ1v) is 13.0. The number of piperidine rings is 1. The van der Waals surface area contributed by atoms with Crippen molar-refractivity contribution in [3.63, 3.8) is 0 Å². The van der Waals surface area contributed by atoms with Gasteiger partial charge in [0.05, 0.1) is 31.1 Å². The maximum absolute atomic E-state index is 13.7. The van der Waals surface area contributed by atoms with Crippen LogP contribution >= 0.6 is 45.9 Å². The van der Waals surface area contributed by atoms with Gasteiger partial charge in [-0.3, -0.25) is 4.79 Å². The number of fused-ring (bicyclic) bond motifs is 5. The Morgan fingerprint density at radius 2 is 1.66 bits per heavy atom. The number of carbonyl (C=O) groups is 1. The number of alkyl halides is 2. The van der Waals surface area contributed by atoms with Crippen LogP contribution in [0.4, 0.5) is 0 Å². The quantitative estimate of drug-likeness (QED) is 0.268. The zero-order valence-electron chi connectivity index (χ0n) is 18.1. The van der Waals surface area contributed by atoms with Crippen molar-refractivity contribution in [2.75, 3.05) is 19.4 Å². The van der Waals surface area contributed by atoms with Gasteiger partial charge in [0.15, 0.2) is 0 Å². The van der Waals surface area contributed by atoms with E-state index in [4.69, 9.17) is 37.9 Å². The third-order valence-electron chi connectivity index (χ3n) is 6.34. The number of likely N-dealkylation sites (N-methyl/N-ethyl adjacent to an activating group) is 1. The second kappa shape index (κ2) is 10.4. The minimum Gasteiger partial charge on any atom is -0.833 e. The maximum Gasteiger partial charge on any atom is 0.306 e. The van der Waals surface area contributed by atoms with Crippen LogP contribution in [0, 0.1) is 11.3 Å². The Morgan fingerprint density at radius 1 is 1.22 bits per heavy atom. The molecule has 3 aliphatic heterocycles. The molecule has 32 heavy (non-hydrogen) atoms. The molecule has 0 aliphatic carbocycles. The van der Waals surface area contributed by atoms with Crippen molar-refractivity contribution in [1.82, 2.24) is 0 Å². The van der Waals surface area contributed by atoms with Gasteiger partial charge < -0.3 is 19.1 Å². The number of hydrogen-bond donors (Lipinski definition) is 0. The van der Waals surface area contributed by atoms with E-state index in [1.54, 1.807) is 30.3 Å². The SMILES string of the molecule is CC#N.C[N+]1(C)[C@H]2CC(OC(=O)C([O-])(c3cccs3)c3cccs3)C[C@H]1[C@H]1O[C@H]12.ClCCl. The van der Waals surface area contributed by atoms with E-state index in [-0.39, 0.29) is 11.4 Å². The van der Waals surface area contributed by atoms with Crippen molar-refractivity contribution in [2.45, 2.75) is 55.8 Å². The van der Waals surface area contributed by atoms with Crippen molar-refractivity contribution in [3.8, 4) is 6.07 Å². The van der Waals surface area contributed by atoms with Crippen LogP contribution < -0.4 is 5.11 Å². The zero-order chi connectivity index (χ0) is 23.5. The molecular formula is C22H26Cl2N2O4S2. The molecule has 5 heterocycles. The third kappa shape index (κ3) is 4.71. The highest BCUT2D eigenvalue weighted by Crippen LogP contribution is 2.52. The maximum atomic E-state index is 13.7. The van der Waals surface area contributed by atoms with Crippen LogP contribution in [0.1, 0.15) is 29.5 Å². The molecule has 0 radical (unpaired) electrons. The Hall–Kier alpha value is -1.18. The van der Waals surface area contributed by atoms with Crippen molar-refractivity contribution in [3.05, 3.63) is 44.8 Å². The molecular weight excluding hydrogens is 491 g/mol. The van der Waals surface area contributed by atoms with Gasteiger partial charge in [0, 0.05) is 29.5 Å². The van der Waals surface area contributed by atoms with E-state index >= 15 is 0 Å². The van der Waals surface area contributed by atoms with E-state index in [2.05, 4.69) is 14.1 Å². The number of quaternary nitrogens is 1. The minimum absolute atomic E-state index is 0.194. The lowest BCUT2D eigenvalue weighted by molar-refractivity contribution is -0.938. The molecule has 3 aliphatic rings. The standard InChI is InChI=1S/C19H21NO4S2.C2H3N.CH2Cl2/c1-20(2)12-9-11(10-13(20)17-16(12)24-17)23-18(21)19(22,14-5-3-7-25-14)15-6-4-8-26-15;1-2-3;2-1-3/h3-8,11-13,16-17H,9-10H2,1-2H3;1H3;1H2/t11?,12-,13-,16-,17+;;/m0../s1. The van der Waals surface area contributed by atoms with Crippen LogP contribution in [0.2, 0.25) is 0 Å². The molecule has 3 fully saturated rings. The number of morpholine rings is 1. The van der Waals surface area contributed by atoms with Gasteiger partial charge in [0.2, 0.25) is 0 Å². The molecule has 0 saturated carbocycles. The average Bonchev–Trinajstić information content (AvgIpc) is 3.10. The Bertz CT molecular complexity index is 876. The molecule has 2 aromatic rings. The lowest BCUT2D eigenvalue weighted by Gasteiger charge is -2.46. The molecule has 0 spiro atoms. The monoisotopic (exact) mass is 516 g/mol. The summed E-state index contributed by atoms with van der Waals surface area (Å²) in [5.74, 6) is -0.673. The number of ether oxygens (including phenoxy) is 2. The highest BCUT2D eigenvalue weighted by atomic mass is 35.5. The largest absolute Gasteiger partial charge is 0.833 e. The molecule has 174 valence electrons. The Labute approximate surface area is 206 Å². The Kier molecular flexibility index (Phi) is 8.26. The fraction of sp³-hybridized carbons (Fsp3) is 0.545. The summed E-state index contributed by atoms with van der Waals surface area (Å²) < 4.78 is 12.6. The van der Waals surface area contributed by atoms with E-state index in [0.717, 1.165) is 17.3 Å². The second-order valence-electron chi connectivity index (χ2n) is 8.29. The van der Waals surface area contributed by atoms with Crippen molar-refractivity contribution in [1.29, 1.82) is 5.26 Å². The Morgan fingerprint density at radius 3 is 2.03 bits per heavy atom. The summed E-state index contributed by atoms with van der Waals surface area (Å²) in [5.41, 5.74) is -1.97. The lowest BCUT2D eigenvalue weighted by atomic mass is 9.95. The number of nitrogens with zero attached hydrogens (tertiary/aromatic N) is 2. The zero-order valence-corrected chi connectivity index (χ0v) is 21.2. The van der Waals surface area contributed by atoms with Crippen molar-refractivity contribution < 1.29 is 23.9 Å². The van der Waals surface area contributed by atoms with E-state index in [9.17, 15) is 9.90 Å². The minimum atomic E-state index is -1.97. The summed E-state index contributed by atoms with van der Waals surface area (Å²) in [6.45, 7) is 1.43. The van der Waals surface area contributed by atoms with Gasteiger partial charge in [-0.2, -0.15) is 5.26 Å². The fourth-order valence-corrected chi connectivity index (χ4v) is 6.52. The van der Waals surface area contributed by atoms with Crippen LogP contribution in [0.15, 0.2) is 35.0 Å². The van der Waals surface area contributed by atoms with Crippen LogP contribution in [0.3, 0.4) is 0 Å². The van der Waals surface area contributed by atoms with Crippen molar-refractivity contribution >= 4 is 51.8 Å². The number of hydrogen-bond acceptors (Lipinski definition) is 7. The van der Waals surface area contributed by atoms with Crippen molar-refractivity contribution in [2.24, 2.45) is 0 Å². The van der Waals surface area contributed by atoms with Gasteiger partial charge in [-0.25, -0.2) is 0 Å². The normalized spacial score (nSPS) is 28.7. The number of epoxide rings is 1. The molecule has 1 unspecified atom stereocenters. The molecule has 3 saturated heterocycles. The van der Waals surface area contributed by atoms with Gasteiger partial charge in [0.25, 0.3) is 0 Å². The van der Waals surface area contributed by atoms with E-state index in [1.807, 2.05) is 10.8 Å². The summed E-state index contributed by atoms with van der Waals surface area (Å²) >= 11 is 12.1. The smallest absolute Gasteiger partial charge is 0.306 e. The molecule has 5 atom stereocenters. The first-order chi connectivity index (χ1) is 15.2. The summed E-state index contributed by atoms with van der Waals surface area (Å²) in [5, 5.41) is 24.9. The van der Waals surface area contributed by atoms with E-state index in [1.165, 1.54) is 29.6 Å². The van der Waals surface area contributed by atoms with Gasteiger partial charge in [-0.15, -0.1) is 45.9 Å². The summed E-state index contributed by atoms with van der Waals surface area (Å²) in [4.78, 5) is 14.0. The summed E-state index contributed by atoms with van der Waals surface area (Å²) in [6.07, 6.45) is 1.92. The van der Waals surface area contributed by atoms with E-state index < -0.39 is 11.6 Å². The topological polar surface area (TPSA) is 85.7 Å². The summed E-state index contributed by atoms with van der Waals surface area (Å²) in [7, 11) is 4.47. The Balaban J connectivity index is 0.000000437. The molecule has 6 nitrogen and oxygen atoms in total. The van der Waals surface area contributed by atoms with E-state index in [0.29, 0.717) is 34.0 Å². The molecule has 2 bridgehead atoms. The number of halogens is 2. The molecule has 2 aromatic heterocycles. The van der Waals surface area contributed by atoms with Gasteiger partial charge >= 0.3 is 5.97 Å². The number of esters is 1. The molecule has 10 heteroatoms. The molecule has 0 amide bonds. The highest BCUT2D eigenvalue weighted by molar-refractivity contribution is 7.12. The predicted octanol–water partition coefficient (Wildman–Crippen LogP) is 3.67. The van der Waals surface area contributed by atoms with Gasteiger partial charge in [-0.05, 0) is 22.9 Å². The number of thiophene rings is 2. The average molecular weight is 518 g/mol. The highest BCUT2D eigenvalue weighted by Gasteiger charge is 2.70. The van der Waals surface area contributed by atoms with Gasteiger partial charge in [-0.1, -0.05) is 12.1 Å². The second-order valence-corrected chi connectivity index (χ2v) is 11.0. The lowest BCUT2D eigenvalue weighted by Crippen LogP contribution is -2.60. The number of rotatable bonds is 4. The number of carbonyl (C=O) groups excluding carboxylic acids is 1. The molecule has 0 aromatic carbocycles. The molecule has 0 N–H and O–H groups in total. The predicted molar refractivity (Wildman–Crippen MR) is 125 cm³/mol.